The van der Waals surface area contributed by atoms with E-state index in [9.17, 15) is 4.79 Å². The fraction of sp³-hybridized carbons (Fsp3) is 0.308. The molecule has 0 saturated heterocycles. The third kappa shape index (κ3) is 3.57. The molecule has 0 saturated carbocycles. The number of hydrogen-bond donors (Lipinski definition) is 1. The van der Waals surface area contributed by atoms with Gasteiger partial charge >= 0.3 is 5.97 Å². The van der Waals surface area contributed by atoms with Crippen LogP contribution in [0.1, 0.15) is 18.4 Å². The molecule has 1 N–H and O–H groups in total. The van der Waals surface area contributed by atoms with Crippen molar-refractivity contribution in [2.24, 2.45) is 0 Å². The molecule has 2 aromatic rings. The first-order valence-electron chi connectivity index (χ1n) is 5.80. The molecule has 0 amide bonds. The van der Waals surface area contributed by atoms with E-state index in [-0.39, 0.29) is 0 Å². The molecule has 100 valence electrons. The van der Waals surface area contributed by atoms with Gasteiger partial charge in [0.25, 0.3) is 0 Å². The minimum absolute atomic E-state index is 0.395. The van der Waals surface area contributed by atoms with E-state index in [0.29, 0.717) is 17.5 Å². The van der Waals surface area contributed by atoms with Crippen LogP contribution < -0.4 is 0 Å². The van der Waals surface area contributed by atoms with Crippen molar-refractivity contribution in [2.45, 2.75) is 24.9 Å². The van der Waals surface area contributed by atoms with Gasteiger partial charge in [0.05, 0.1) is 11.0 Å². The van der Waals surface area contributed by atoms with E-state index >= 15 is 0 Å². The maximum absolute atomic E-state index is 10.7. The topological polar surface area (TPSA) is 76.2 Å². The summed E-state index contributed by atoms with van der Waals surface area (Å²) in [7, 11) is 0. The zero-order chi connectivity index (χ0) is 13.8. The number of hydrogen-bond acceptors (Lipinski definition) is 5. The number of aryl methyl sites for hydroxylation is 1. The number of carboxylic acid groups (broad SMARTS) is 1. The Balaban J connectivity index is 2.03. The second kappa shape index (κ2) is 5.88. The fourth-order valence-corrected chi connectivity index (χ4v) is 2.05. The maximum atomic E-state index is 10.7. The lowest BCUT2D eigenvalue weighted by Gasteiger charge is -2.01. The van der Waals surface area contributed by atoms with Crippen LogP contribution in [-0.4, -0.2) is 26.5 Å². The third-order valence-electron chi connectivity index (χ3n) is 2.58. The smallest absolute Gasteiger partial charge is 0.316 e. The molecule has 0 aliphatic rings. The third-order valence-corrected chi connectivity index (χ3v) is 3.70. The van der Waals surface area contributed by atoms with E-state index < -0.39 is 11.2 Å². The van der Waals surface area contributed by atoms with Crippen molar-refractivity contribution in [1.82, 2.24) is 10.1 Å². The van der Waals surface area contributed by atoms with Gasteiger partial charge in [-0.25, -0.2) is 0 Å². The first kappa shape index (κ1) is 13.6. The second-order valence-corrected chi connectivity index (χ2v) is 5.50. The summed E-state index contributed by atoms with van der Waals surface area (Å²) in [5.74, 6) is 0.516. The molecule has 0 aliphatic heterocycles. The van der Waals surface area contributed by atoms with Crippen LogP contribution in [-0.2, 0) is 10.5 Å². The predicted molar refractivity (Wildman–Crippen MR) is 72.9 cm³/mol. The van der Waals surface area contributed by atoms with E-state index in [2.05, 4.69) is 10.1 Å². The summed E-state index contributed by atoms with van der Waals surface area (Å²) < 4.78 is 5.10. The number of thioether (sulfide) groups is 1. The van der Waals surface area contributed by atoms with Gasteiger partial charge in [-0.3, -0.25) is 4.79 Å². The molecule has 2 rings (SSSR count). The molecular weight excluding hydrogens is 264 g/mol. The van der Waals surface area contributed by atoms with Gasteiger partial charge in [0, 0.05) is 5.56 Å². The molecule has 1 unspecified atom stereocenters. The number of benzene rings is 1. The second-order valence-electron chi connectivity index (χ2n) is 4.17. The highest BCUT2D eigenvalue weighted by Crippen LogP contribution is 2.20. The highest BCUT2D eigenvalue weighted by Gasteiger charge is 2.14. The summed E-state index contributed by atoms with van der Waals surface area (Å²) in [6.45, 7) is 3.64. The maximum Gasteiger partial charge on any atom is 0.316 e. The predicted octanol–water partition coefficient (Wildman–Crippen LogP) is 2.75. The van der Waals surface area contributed by atoms with Gasteiger partial charge in [-0.15, -0.1) is 11.8 Å². The fourth-order valence-electron chi connectivity index (χ4n) is 1.40. The molecule has 1 atom stereocenters. The molecule has 0 fully saturated rings. The number of carbonyl (C=O) groups is 1. The van der Waals surface area contributed by atoms with Crippen molar-refractivity contribution >= 4 is 17.7 Å². The van der Waals surface area contributed by atoms with Crippen molar-refractivity contribution in [3.63, 3.8) is 0 Å². The van der Waals surface area contributed by atoms with Gasteiger partial charge < -0.3 is 9.63 Å². The van der Waals surface area contributed by atoms with Crippen LogP contribution in [0.3, 0.4) is 0 Å². The first-order valence-corrected chi connectivity index (χ1v) is 6.85. The van der Waals surface area contributed by atoms with E-state index in [4.69, 9.17) is 9.63 Å². The molecular formula is C13H14N2O3S. The lowest BCUT2D eigenvalue weighted by Crippen LogP contribution is -2.11. The SMILES string of the molecule is Cc1ccc(-c2noc(CSC(C)C(=O)O)n2)cc1. The van der Waals surface area contributed by atoms with Crippen molar-refractivity contribution in [3.8, 4) is 11.4 Å². The molecule has 1 aromatic carbocycles. The molecule has 0 spiro atoms. The van der Waals surface area contributed by atoms with Crippen molar-refractivity contribution < 1.29 is 14.4 Å². The Labute approximate surface area is 115 Å². The van der Waals surface area contributed by atoms with Crippen LogP contribution in [0.5, 0.6) is 0 Å². The van der Waals surface area contributed by atoms with Crippen molar-refractivity contribution in [2.75, 3.05) is 0 Å². The molecule has 0 aliphatic carbocycles. The summed E-state index contributed by atoms with van der Waals surface area (Å²) >= 11 is 1.25. The van der Waals surface area contributed by atoms with Crippen LogP contribution >= 0.6 is 11.8 Å². The van der Waals surface area contributed by atoms with Gasteiger partial charge in [-0.2, -0.15) is 4.98 Å². The Morgan fingerprint density at radius 3 is 2.74 bits per heavy atom. The van der Waals surface area contributed by atoms with Gasteiger partial charge in [0.2, 0.25) is 11.7 Å². The molecule has 0 radical (unpaired) electrons. The number of aliphatic carboxylic acids is 1. The molecule has 1 aromatic heterocycles. The average molecular weight is 278 g/mol. The monoisotopic (exact) mass is 278 g/mol. The normalized spacial score (nSPS) is 12.3. The zero-order valence-corrected chi connectivity index (χ0v) is 11.5. The summed E-state index contributed by atoms with van der Waals surface area (Å²) in [6.07, 6.45) is 0. The van der Waals surface area contributed by atoms with Crippen molar-refractivity contribution in [1.29, 1.82) is 0 Å². The standard InChI is InChI=1S/C13H14N2O3S/c1-8-3-5-10(6-4-8)12-14-11(18-15-12)7-19-9(2)13(16)17/h3-6,9H,7H2,1-2H3,(H,16,17). The molecule has 0 bridgehead atoms. The quantitative estimate of drug-likeness (QED) is 0.906. The van der Waals surface area contributed by atoms with Crippen LogP contribution in [0.15, 0.2) is 28.8 Å². The highest BCUT2D eigenvalue weighted by atomic mass is 32.2. The van der Waals surface area contributed by atoms with Gasteiger partial charge in [0.1, 0.15) is 0 Å². The summed E-state index contributed by atoms with van der Waals surface area (Å²) in [5.41, 5.74) is 2.05. The minimum Gasteiger partial charge on any atom is -0.480 e. The number of carboxylic acids is 1. The van der Waals surface area contributed by atoms with Crippen molar-refractivity contribution in [3.05, 3.63) is 35.7 Å². The highest BCUT2D eigenvalue weighted by molar-refractivity contribution is 7.99. The number of nitrogens with zero attached hydrogens (tertiary/aromatic N) is 2. The molecule has 5 nitrogen and oxygen atoms in total. The number of aromatic nitrogens is 2. The van der Waals surface area contributed by atoms with Gasteiger partial charge in [-0.05, 0) is 13.8 Å². The van der Waals surface area contributed by atoms with Crippen LogP contribution in [0.4, 0.5) is 0 Å². The van der Waals surface area contributed by atoms with Crippen LogP contribution in [0.2, 0.25) is 0 Å². The van der Waals surface area contributed by atoms with E-state index in [1.165, 1.54) is 17.3 Å². The Morgan fingerprint density at radius 2 is 2.11 bits per heavy atom. The lowest BCUT2D eigenvalue weighted by molar-refractivity contribution is -0.136. The molecule has 19 heavy (non-hydrogen) atoms. The zero-order valence-electron chi connectivity index (χ0n) is 10.7. The summed E-state index contributed by atoms with van der Waals surface area (Å²) in [6, 6.07) is 7.81. The van der Waals surface area contributed by atoms with Gasteiger partial charge in [-0.1, -0.05) is 35.0 Å². The largest absolute Gasteiger partial charge is 0.480 e. The molecule has 6 heteroatoms. The van der Waals surface area contributed by atoms with Crippen LogP contribution in [0.25, 0.3) is 11.4 Å². The Kier molecular flexibility index (Phi) is 4.21. The Morgan fingerprint density at radius 1 is 1.42 bits per heavy atom. The average Bonchev–Trinajstić information content (AvgIpc) is 2.85. The van der Waals surface area contributed by atoms with E-state index in [1.807, 2.05) is 31.2 Å². The Hall–Kier alpha value is -1.82. The number of rotatable bonds is 5. The first-order chi connectivity index (χ1) is 9.06. The lowest BCUT2D eigenvalue weighted by atomic mass is 10.1. The summed E-state index contributed by atoms with van der Waals surface area (Å²) in [5, 5.41) is 12.2. The summed E-state index contributed by atoms with van der Waals surface area (Å²) in [4.78, 5) is 14.9. The van der Waals surface area contributed by atoms with E-state index in [0.717, 1.165) is 5.56 Å². The van der Waals surface area contributed by atoms with Gasteiger partial charge in [0.15, 0.2) is 0 Å². The Bertz CT molecular complexity index is 566. The van der Waals surface area contributed by atoms with E-state index in [1.54, 1.807) is 6.92 Å². The minimum atomic E-state index is -0.844. The van der Waals surface area contributed by atoms with Crippen LogP contribution in [0, 0.1) is 6.92 Å². The molecule has 1 heterocycles.